The van der Waals surface area contributed by atoms with Gasteiger partial charge in [-0.3, -0.25) is 9.59 Å². The zero-order valence-electron chi connectivity index (χ0n) is 27.0. The summed E-state index contributed by atoms with van der Waals surface area (Å²) in [7, 11) is 0. The van der Waals surface area contributed by atoms with Crippen molar-refractivity contribution in [2.45, 2.75) is 70.0 Å². The summed E-state index contributed by atoms with van der Waals surface area (Å²) in [6.07, 6.45) is -6.34. The Labute approximate surface area is 279 Å². The Hall–Kier alpha value is -5.14. The van der Waals surface area contributed by atoms with Crippen molar-refractivity contribution >= 4 is 23.5 Å². The van der Waals surface area contributed by atoms with Gasteiger partial charge in [0.1, 0.15) is 17.2 Å². The maximum absolute atomic E-state index is 14.3. The summed E-state index contributed by atoms with van der Waals surface area (Å²) in [5, 5.41) is 15.3. The summed E-state index contributed by atoms with van der Waals surface area (Å²) < 4.78 is 71.8. The second kappa shape index (κ2) is 15.4. The average Bonchev–Trinajstić information content (AvgIpc) is 3.43. The third-order valence-electron chi connectivity index (χ3n) is 7.27. The summed E-state index contributed by atoms with van der Waals surface area (Å²) in [5.41, 5.74) is 5.82. The van der Waals surface area contributed by atoms with Crippen LogP contribution in [-0.4, -0.2) is 47.2 Å². The fourth-order valence-electron chi connectivity index (χ4n) is 5.13. The van der Waals surface area contributed by atoms with Gasteiger partial charge in [0, 0.05) is 47.7 Å². The van der Waals surface area contributed by atoms with E-state index in [0.29, 0.717) is 23.8 Å². The number of azide groups is 1. The number of nitrogens with zero attached hydrogens (tertiary/aromatic N) is 4. The van der Waals surface area contributed by atoms with Crippen LogP contribution in [0.5, 0.6) is 5.75 Å². The summed E-state index contributed by atoms with van der Waals surface area (Å²) >= 11 is 0. The number of amides is 1. The molecule has 11 nitrogen and oxygen atoms in total. The van der Waals surface area contributed by atoms with E-state index in [1.54, 1.807) is 63.2 Å². The van der Waals surface area contributed by atoms with Gasteiger partial charge in [-0.15, -0.1) is 0 Å². The molecule has 0 bridgehead atoms. The minimum absolute atomic E-state index is 0.0212. The molecule has 0 saturated carbocycles. The molecule has 0 radical (unpaired) electrons. The van der Waals surface area contributed by atoms with Crippen LogP contribution in [0.4, 0.5) is 23.2 Å². The van der Waals surface area contributed by atoms with E-state index in [1.807, 2.05) is 0 Å². The maximum atomic E-state index is 14.3. The number of ether oxygens (including phenoxy) is 3. The number of hydrogen-bond donors (Lipinski definition) is 2. The number of esters is 1. The second-order valence-electron chi connectivity index (χ2n) is 12.2. The molecule has 0 fully saturated rings. The Balaban J connectivity index is 1.80. The number of aliphatic hydroxyl groups is 1. The molecule has 1 heterocycles. The number of carbonyl (C=O) groups excluding carboxylic acids is 2. The van der Waals surface area contributed by atoms with Crippen LogP contribution in [0.25, 0.3) is 10.4 Å². The number of benzene rings is 3. The minimum atomic E-state index is -4.83. The van der Waals surface area contributed by atoms with Gasteiger partial charge >= 0.3 is 12.1 Å². The Morgan fingerprint density at radius 3 is 2.47 bits per heavy atom. The molecule has 1 aliphatic rings. The van der Waals surface area contributed by atoms with Gasteiger partial charge in [0.25, 0.3) is 5.91 Å². The number of carbonyl (C=O) groups is 2. The number of nitrogens with one attached hydrogen (secondary N) is 1. The van der Waals surface area contributed by atoms with Crippen molar-refractivity contribution in [3.63, 3.8) is 0 Å². The van der Waals surface area contributed by atoms with E-state index in [4.69, 9.17) is 24.3 Å². The Bertz CT molecular complexity index is 1740. The van der Waals surface area contributed by atoms with Gasteiger partial charge in [-0.2, -0.15) is 13.2 Å². The van der Waals surface area contributed by atoms with E-state index in [9.17, 15) is 32.7 Å². The molecule has 1 aliphatic heterocycles. The number of rotatable bonds is 13. The molecule has 4 rings (SSSR count). The third kappa shape index (κ3) is 9.48. The molecule has 0 spiro atoms. The Morgan fingerprint density at radius 1 is 1.10 bits per heavy atom. The van der Waals surface area contributed by atoms with Crippen LogP contribution in [-0.2, 0) is 31.8 Å². The van der Waals surface area contributed by atoms with Crippen molar-refractivity contribution in [3.05, 3.63) is 105 Å². The van der Waals surface area contributed by atoms with Crippen molar-refractivity contribution < 1.29 is 46.5 Å². The second-order valence-corrected chi connectivity index (χ2v) is 12.2. The fourth-order valence-corrected chi connectivity index (χ4v) is 5.13. The van der Waals surface area contributed by atoms with E-state index < -0.39 is 53.2 Å². The predicted molar refractivity (Wildman–Crippen MR) is 170 cm³/mol. The van der Waals surface area contributed by atoms with Gasteiger partial charge in [-0.05, 0) is 80.8 Å². The maximum Gasteiger partial charge on any atom is 0.416 e. The lowest BCUT2D eigenvalue weighted by Crippen LogP contribution is -2.48. The normalized spacial score (nSPS) is 17.4. The first-order valence-corrected chi connectivity index (χ1v) is 15.3. The van der Waals surface area contributed by atoms with Crippen molar-refractivity contribution in [2.75, 3.05) is 13.2 Å². The van der Waals surface area contributed by atoms with Crippen LogP contribution in [0, 0.1) is 5.82 Å². The van der Waals surface area contributed by atoms with E-state index in [-0.39, 0.29) is 48.8 Å². The van der Waals surface area contributed by atoms with Crippen LogP contribution >= 0.6 is 0 Å². The van der Waals surface area contributed by atoms with E-state index >= 15 is 0 Å². The fraction of sp³-hybridized carbons (Fsp3) is 0.382. The number of halogens is 4. The quantitative estimate of drug-likeness (QED) is 0.0483. The first-order chi connectivity index (χ1) is 23.1. The largest absolute Gasteiger partial charge is 0.494 e. The molecule has 0 aliphatic carbocycles. The highest BCUT2D eigenvalue weighted by Gasteiger charge is 2.54. The predicted octanol–water partition coefficient (Wildman–Crippen LogP) is 7.24. The van der Waals surface area contributed by atoms with Crippen LogP contribution < -0.4 is 10.1 Å². The summed E-state index contributed by atoms with van der Waals surface area (Å²) in [6, 6.07) is 14.7. The zero-order valence-corrected chi connectivity index (χ0v) is 27.0. The van der Waals surface area contributed by atoms with Gasteiger partial charge in [0.2, 0.25) is 5.90 Å². The standard InChI is InChI=1S/C34H35F4N5O6/c1-32(2,3)49-28(45)13-14-33(31(46)40-20-21-17-23(34(36,37)38)19-24(35)18-21)29(26-7-4-5-8-27(26)42-43-39)48-30(41-33)22-9-11-25(12-10-22)47-16-6-15-44/h4-5,7-12,17-19,29,44H,6,13-16,20H2,1-3H3,(H,40,46)/t29-,33-/m1/s1. The van der Waals surface area contributed by atoms with Crippen molar-refractivity contribution in [1.82, 2.24) is 5.32 Å². The van der Waals surface area contributed by atoms with Gasteiger partial charge in [0.05, 0.1) is 12.2 Å². The van der Waals surface area contributed by atoms with E-state index in [1.165, 1.54) is 6.07 Å². The number of aliphatic imine (C=N–C) groups is 1. The zero-order chi connectivity index (χ0) is 35.8. The molecule has 2 N–H and O–H groups in total. The molecule has 0 aromatic heterocycles. The lowest BCUT2D eigenvalue weighted by molar-refractivity contribution is -0.155. The highest BCUT2D eigenvalue weighted by Crippen LogP contribution is 2.46. The first kappa shape index (κ1) is 36.7. The van der Waals surface area contributed by atoms with Gasteiger partial charge in [0.15, 0.2) is 11.6 Å². The monoisotopic (exact) mass is 685 g/mol. The van der Waals surface area contributed by atoms with Gasteiger partial charge < -0.3 is 24.6 Å². The molecule has 3 aromatic carbocycles. The number of aliphatic hydroxyl groups excluding tert-OH is 1. The molecule has 15 heteroatoms. The van der Waals surface area contributed by atoms with Crippen LogP contribution in [0.2, 0.25) is 0 Å². The lowest BCUT2D eigenvalue weighted by Gasteiger charge is -2.31. The lowest BCUT2D eigenvalue weighted by atomic mass is 9.82. The van der Waals surface area contributed by atoms with Crippen LogP contribution in [0.3, 0.4) is 0 Å². The van der Waals surface area contributed by atoms with Crippen LogP contribution in [0.15, 0.2) is 76.8 Å². The SMILES string of the molecule is CC(C)(C)OC(=O)CC[C@@]1(C(=O)NCc2cc(F)cc(C(F)(F)F)c2)N=C(c2ccc(OCCCO)cc2)O[C@@H]1c1ccccc1N=[N+]=[N-]. The highest BCUT2D eigenvalue weighted by atomic mass is 19.4. The smallest absolute Gasteiger partial charge is 0.416 e. The summed E-state index contributed by atoms with van der Waals surface area (Å²) in [4.78, 5) is 34.9. The molecule has 260 valence electrons. The molecule has 0 unspecified atom stereocenters. The van der Waals surface area contributed by atoms with Crippen molar-refractivity contribution in [2.24, 2.45) is 10.1 Å². The molecule has 2 atom stereocenters. The summed E-state index contributed by atoms with van der Waals surface area (Å²) in [5.74, 6) is -2.19. The molecule has 3 aromatic rings. The molecule has 49 heavy (non-hydrogen) atoms. The highest BCUT2D eigenvalue weighted by molar-refractivity contribution is 6.01. The van der Waals surface area contributed by atoms with E-state index in [0.717, 1.165) is 12.1 Å². The Morgan fingerprint density at radius 2 is 1.82 bits per heavy atom. The topological polar surface area (TPSA) is 155 Å². The average molecular weight is 686 g/mol. The number of hydrogen-bond acceptors (Lipinski definition) is 8. The Kier molecular flexibility index (Phi) is 11.5. The molecule has 0 saturated heterocycles. The third-order valence-corrected chi connectivity index (χ3v) is 7.27. The first-order valence-electron chi connectivity index (χ1n) is 15.3. The van der Waals surface area contributed by atoms with Crippen LogP contribution in [0.1, 0.15) is 68.4 Å². The molecule has 1 amide bonds. The molecular weight excluding hydrogens is 650 g/mol. The summed E-state index contributed by atoms with van der Waals surface area (Å²) in [6.45, 7) is 4.72. The van der Waals surface area contributed by atoms with Crippen molar-refractivity contribution in [1.29, 1.82) is 0 Å². The van der Waals surface area contributed by atoms with Crippen molar-refractivity contribution in [3.8, 4) is 5.75 Å². The van der Waals surface area contributed by atoms with Gasteiger partial charge in [-0.1, -0.05) is 29.4 Å². The molecular formula is C34H35F4N5O6. The number of alkyl halides is 3. The van der Waals surface area contributed by atoms with Gasteiger partial charge in [-0.25, -0.2) is 9.38 Å². The minimum Gasteiger partial charge on any atom is -0.494 e. The van der Waals surface area contributed by atoms with E-state index in [2.05, 4.69) is 15.3 Å².